The minimum Gasteiger partial charge on any atom is -0.399 e. The average Bonchev–Trinajstić information content (AvgIpc) is 2.80. The van der Waals surface area contributed by atoms with Crippen LogP contribution in [0, 0.1) is 6.92 Å². The Labute approximate surface area is 118 Å². The number of primary amides is 1. The van der Waals surface area contributed by atoms with Crippen molar-refractivity contribution >= 4 is 29.9 Å². The molecule has 1 aliphatic rings. The SMILES string of the molecule is Cc1ccc(N)cc1C(=O)N1CCCC1C(N)=O.Cl. The van der Waals surface area contributed by atoms with Crippen LogP contribution in [-0.2, 0) is 4.79 Å². The molecule has 1 aliphatic heterocycles. The summed E-state index contributed by atoms with van der Waals surface area (Å²) in [7, 11) is 0. The summed E-state index contributed by atoms with van der Waals surface area (Å²) in [5.41, 5.74) is 12.9. The summed E-state index contributed by atoms with van der Waals surface area (Å²) in [6.45, 7) is 2.42. The number of aryl methyl sites for hydroxylation is 1. The van der Waals surface area contributed by atoms with Gasteiger partial charge in [0.25, 0.3) is 5.91 Å². The van der Waals surface area contributed by atoms with Gasteiger partial charge in [0.05, 0.1) is 0 Å². The maximum absolute atomic E-state index is 12.4. The van der Waals surface area contributed by atoms with E-state index in [0.29, 0.717) is 24.2 Å². The highest BCUT2D eigenvalue weighted by atomic mass is 35.5. The Bertz CT molecular complexity index is 505. The molecule has 1 unspecified atom stereocenters. The average molecular weight is 284 g/mol. The van der Waals surface area contributed by atoms with E-state index in [2.05, 4.69) is 0 Å². The summed E-state index contributed by atoms with van der Waals surface area (Å²) in [6, 6.07) is 4.71. The van der Waals surface area contributed by atoms with Crippen LogP contribution in [0.3, 0.4) is 0 Å². The maximum atomic E-state index is 12.4. The molecular formula is C13H18ClN3O2. The zero-order valence-corrected chi connectivity index (χ0v) is 11.6. The lowest BCUT2D eigenvalue weighted by Gasteiger charge is -2.23. The maximum Gasteiger partial charge on any atom is 0.254 e. The van der Waals surface area contributed by atoms with E-state index < -0.39 is 11.9 Å². The van der Waals surface area contributed by atoms with Gasteiger partial charge in [-0.25, -0.2) is 0 Å². The van der Waals surface area contributed by atoms with E-state index in [9.17, 15) is 9.59 Å². The van der Waals surface area contributed by atoms with Crippen LogP contribution in [0.5, 0.6) is 0 Å². The molecule has 19 heavy (non-hydrogen) atoms. The molecule has 0 bridgehead atoms. The largest absolute Gasteiger partial charge is 0.399 e. The zero-order chi connectivity index (χ0) is 13.3. The van der Waals surface area contributed by atoms with E-state index in [4.69, 9.17) is 11.5 Å². The molecular weight excluding hydrogens is 266 g/mol. The first kappa shape index (κ1) is 15.3. The Morgan fingerprint density at radius 1 is 1.37 bits per heavy atom. The van der Waals surface area contributed by atoms with Crippen LogP contribution < -0.4 is 11.5 Å². The number of carbonyl (C=O) groups is 2. The molecule has 0 aromatic heterocycles. The van der Waals surface area contributed by atoms with Crippen LogP contribution in [0.25, 0.3) is 0 Å². The fourth-order valence-corrected chi connectivity index (χ4v) is 2.33. The molecule has 1 aromatic rings. The number of benzene rings is 1. The van der Waals surface area contributed by atoms with Crippen molar-refractivity contribution in [2.75, 3.05) is 12.3 Å². The molecule has 0 aliphatic carbocycles. The third kappa shape index (κ3) is 2.98. The Morgan fingerprint density at radius 2 is 2.05 bits per heavy atom. The van der Waals surface area contributed by atoms with Gasteiger partial charge < -0.3 is 16.4 Å². The van der Waals surface area contributed by atoms with Crippen molar-refractivity contribution in [2.45, 2.75) is 25.8 Å². The summed E-state index contributed by atoms with van der Waals surface area (Å²) < 4.78 is 0. The molecule has 2 rings (SSSR count). The van der Waals surface area contributed by atoms with E-state index in [1.165, 1.54) is 0 Å². The highest BCUT2D eigenvalue weighted by molar-refractivity contribution is 5.99. The van der Waals surface area contributed by atoms with E-state index >= 15 is 0 Å². The predicted molar refractivity (Wildman–Crippen MR) is 76.1 cm³/mol. The van der Waals surface area contributed by atoms with Gasteiger partial charge in [-0.3, -0.25) is 9.59 Å². The molecule has 1 aromatic carbocycles. The predicted octanol–water partition coefficient (Wildman–Crippen LogP) is 1.09. The van der Waals surface area contributed by atoms with Gasteiger partial charge in [-0.15, -0.1) is 12.4 Å². The van der Waals surface area contributed by atoms with Crippen LogP contribution in [0.1, 0.15) is 28.8 Å². The molecule has 0 spiro atoms. The van der Waals surface area contributed by atoms with Gasteiger partial charge in [-0.1, -0.05) is 6.07 Å². The normalized spacial score (nSPS) is 17.9. The fraction of sp³-hybridized carbons (Fsp3) is 0.385. The van der Waals surface area contributed by atoms with Crippen LogP contribution in [0.15, 0.2) is 18.2 Å². The first-order chi connectivity index (χ1) is 8.50. The van der Waals surface area contributed by atoms with Crippen molar-refractivity contribution in [1.82, 2.24) is 4.90 Å². The van der Waals surface area contributed by atoms with Crippen LogP contribution in [0.4, 0.5) is 5.69 Å². The number of likely N-dealkylation sites (tertiary alicyclic amines) is 1. The summed E-state index contributed by atoms with van der Waals surface area (Å²) >= 11 is 0. The summed E-state index contributed by atoms with van der Waals surface area (Å²) in [6.07, 6.45) is 1.45. The smallest absolute Gasteiger partial charge is 0.254 e. The van der Waals surface area contributed by atoms with Crippen molar-refractivity contribution in [3.8, 4) is 0 Å². The van der Waals surface area contributed by atoms with E-state index in [1.54, 1.807) is 23.1 Å². The second kappa shape index (κ2) is 5.93. The van der Waals surface area contributed by atoms with Crippen LogP contribution in [-0.4, -0.2) is 29.3 Å². The second-order valence-corrected chi connectivity index (χ2v) is 4.63. The lowest BCUT2D eigenvalue weighted by atomic mass is 10.1. The molecule has 1 saturated heterocycles. The third-order valence-corrected chi connectivity index (χ3v) is 3.33. The number of nitrogens with zero attached hydrogens (tertiary/aromatic N) is 1. The molecule has 5 nitrogen and oxygen atoms in total. The molecule has 1 fully saturated rings. The number of rotatable bonds is 2. The summed E-state index contributed by atoms with van der Waals surface area (Å²) in [5, 5.41) is 0. The van der Waals surface area contributed by atoms with Gasteiger partial charge in [-0.2, -0.15) is 0 Å². The van der Waals surface area contributed by atoms with Crippen LogP contribution in [0.2, 0.25) is 0 Å². The zero-order valence-electron chi connectivity index (χ0n) is 10.8. The van der Waals surface area contributed by atoms with Gasteiger partial charge in [0.2, 0.25) is 5.91 Å². The quantitative estimate of drug-likeness (QED) is 0.796. The Morgan fingerprint density at radius 3 is 2.68 bits per heavy atom. The lowest BCUT2D eigenvalue weighted by molar-refractivity contribution is -0.121. The summed E-state index contributed by atoms with van der Waals surface area (Å²) in [4.78, 5) is 25.2. The van der Waals surface area contributed by atoms with Crippen molar-refractivity contribution in [3.05, 3.63) is 29.3 Å². The molecule has 1 heterocycles. The lowest BCUT2D eigenvalue weighted by Crippen LogP contribution is -2.43. The monoisotopic (exact) mass is 283 g/mol. The fourth-order valence-electron chi connectivity index (χ4n) is 2.33. The summed E-state index contributed by atoms with van der Waals surface area (Å²) in [5.74, 6) is -0.608. The molecule has 1 atom stereocenters. The number of nitrogens with two attached hydrogens (primary N) is 2. The van der Waals surface area contributed by atoms with Gasteiger partial charge in [0.1, 0.15) is 6.04 Å². The molecule has 104 valence electrons. The third-order valence-electron chi connectivity index (χ3n) is 3.33. The topological polar surface area (TPSA) is 89.4 Å². The van der Waals surface area contributed by atoms with Gasteiger partial charge in [0, 0.05) is 17.8 Å². The van der Waals surface area contributed by atoms with Crippen molar-refractivity contribution in [1.29, 1.82) is 0 Å². The van der Waals surface area contributed by atoms with Crippen molar-refractivity contribution in [2.24, 2.45) is 5.73 Å². The van der Waals surface area contributed by atoms with Gasteiger partial charge in [0.15, 0.2) is 0 Å². The molecule has 0 radical (unpaired) electrons. The number of amides is 2. The second-order valence-electron chi connectivity index (χ2n) is 4.63. The van der Waals surface area contributed by atoms with Gasteiger partial charge >= 0.3 is 0 Å². The Kier molecular flexibility index (Phi) is 4.78. The van der Waals surface area contributed by atoms with E-state index in [1.807, 2.05) is 6.92 Å². The minimum atomic E-state index is -0.488. The van der Waals surface area contributed by atoms with E-state index in [-0.39, 0.29) is 18.3 Å². The first-order valence-corrected chi connectivity index (χ1v) is 5.97. The number of hydrogen-bond acceptors (Lipinski definition) is 3. The van der Waals surface area contributed by atoms with Gasteiger partial charge in [-0.05, 0) is 37.5 Å². The highest BCUT2D eigenvalue weighted by Gasteiger charge is 2.33. The van der Waals surface area contributed by atoms with E-state index in [0.717, 1.165) is 12.0 Å². The number of anilines is 1. The molecule has 0 saturated carbocycles. The molecule has 6 heteroatoms. The highest BCUT2D eigenvalue weighted by Crippen LogP contribution is 2.22. The van der Waals surface area contributed by atoms with Crippen molar-refractivity contribution in [3.63, 3.8) is 0 Å². The number of hydrogen-bond donors (Lipinski definition) is 2. The van der Waals surface area contributed by atoms with Crippen molar-refractivity contribution < 1.29 is 9.59 Å². The standard InChI is InChI=1S/C13H17N3O2.ClH/c1-8-4-5-9(14)7-10(8)13(18)16-6-2-3-11(16)12(15)17;/h4-5,7,11H,2-3,6,14H2,1H3,(H2,15,17);1H. The Balaban J connectivity index is 0.00000180. The Hall–Kier alpha value is -1.75. The minimum absolute atomic E-state index is 0. The number of carbonyl (C=O) groups excluding carboxylic acids is 2. The molecule has 2 amide bonds. The number of nitrogen functional groups attached to an aromatic ring is 1. The first-order valence-electron chi connectivity index (χ1n) is 5.97. The molecule has 4 N–H and O–H groups in total. The van der Waals surface area contributed by atoms with Crippen LogP contribution >= 0.6 is 12.4 Å². The number of halogens is 1.